The Morgan fingerprint density at radius 2 is 1.57 bits per heavy atom. The Morgan fingerprint density at radius 1 is 0.957 bits per heavy atom. The van der Waals surface area contributed by atoms with E-state index in [-0.39, 0.29) is 6.61 Å². The van der Waals surface area contributed by atoms with Crippen molar-refractivity contribution in [2.24, 2.45) is 0 Å². The normalized spacial score (nSPS) is 15.7. The van der Waals surface area contributed by atoms with Gasteiger partial charge in [-0.2, -0.15) is 4.31 Å². The maximum absolute atomic E-state index is 11.2. The second-order valence-electron chi connectivity index (χ2n) is 5.26. The Balaban J connectivity index is 4.00. The van der Waals surface area contributed by atoms with E-state index in [0.29, 0.717) is 0 Å². The highest BCUT2D eigenvalue weighted by atomic mass is 31.3. The second kappa shape index (κ2) is 11.1. The molecular formula is C14H26O7P2. The van der Waals surface area contributed by atoms with E-state index in [9.17, 15) is 9.13 Å². The van der Waals surface area contributed by atoms with Gasteiger partial charge in [-0.3, -0.25) is 4.52 Å². The molecule has 3 N–H and O–H groups in total. The van der Waals surface area contributed by atoms with Gasteiger partial charge in [-0.25, -0.2) is 9.13 Å². The Kier molecular flexibility index (Phi) is 10.9. The average Bonchev–Trinajstić information content (AvgIpc) is 2.33. The Hall–Kier alpha value is -0.520. The van der Waals surface area contributed by atoms with Gasteiger partial charge in [-0.05, 0) is 46.5 Å². The van der Waals surface area contributed by atoms with Crippen molar-refractivity contribution in [2.75, 3.05) is 6.61 Å². The van der Waals surface area contributed by atoms with Gasteiger partial charge >= 0.3 is 15.6 Å². The number of phosphoric ester groups is 1. The molecule has 0 aromatic carbocycles. The van der Waals surface area contributed by atoms with Crippen molar-refractivity contribution < 1.29 is 32.6 Å². The van der Waals surface area contributed by atoms with E-state index in [2.05, 4.69) is 40.9 Å². The minimum Gasteiger partial charge on any atom is -0.302 e. The lowest BCUT2D eigenvalue weighted by Gasteiger charge is -2.11. The monoisotopic (exact) mass is 368 g/mol. The zero-order chi connectivity index (χ0) is 17.9. The van der Waals surface area contributed by atoms with Gasteiger partial charge in [0.2, 0.25) is 0 Å². The highest BCUT2D eigenvalue weighted by Crippen LogP contribution is 2.57. The summed E-state index contributed by atoms with van der Waals surface area (Å²) in [4.78, 5) is 26.0. The molecule has 0 spiro atoms. The van der Waals surface area contributed by atoms with Crippen LogP contribution in [0.1, 0.15) is 46.5 Å². The second-order valence-corrected chi connectivity index (χ2v) is 8.09. The van der Waals surface area contributed by atoms with Crippen LogP contribution in [0.15, 0.2) is 35.5 Å². The predicted octanol–water partition coefficient (Wildman–Crippen LogP) is 4.24. The zero-order valence-electron chi connectivity index (χ0n) is 13.7. The predicted molar refractivity (Wildman–Crippen MR) is 89.7 cm³/mol. The fraction of sp³-hybridized carbons (Fsp3) is 0.571. The van der Waals surface area contributed by atoms with E-state index < -0.39 is 15.6 Å². The summed E-state index contributed by atoms with van der Waals surface area (Å²) in [5.74, 6) is 0. The zero-order valence-corrected chi connectivity index (χ0v) is 15.5. The van der Waals surface area contributed by atoms with Crippen molar-refractivity contribution in [3.05, 3.63) is 35.5 Å². The van der Waals surface area contributed by atoms with Crippen LogP contribution in [0.3, 0.4) is 0 Å². The maximum Gasteiger partial charge on any atom is 0.481 e. The summed E-state index contributed by atoms with van der Waals surface area (Å²) in [6.07, 6.45) is 11.5. The molecule has 134 valence electrons. The molecule has 0 aliphatic rings. The van der Waals surface area contributed by atoms with Crippen LogP contribution in [0.2, 0.25) is 0 Å². The topological polar surface area (TPSA) is 113 Å². The first-order valence-corrected chi connectivity index (χ1v) is 10.2. The number of hydrogen-bond donors (Lipinski definition) is 3. The van der Waals surface area contributed by atoms with Crippen molar-refractivity contribution >= 4 is 15.6 Å². The average molecular weight is 368 g/mol. The third-order valence-electron chi connectivity index (χ3n) is 2.64. The van der Waals surface area contributed by atoms with Crippen LogP contribution < -0.4 is 0 Å². The molecule has 1 unspecified atom stereocenters. The number of phosphoric acid groups is 2. The van der Waals surface area contributed by atoms with Crippen LogP contribution in [0.4, 0.5) is 0 Å². The van der Waals surface area contributed by atoms with Gasteiger partial charge in [-0.15, -0.1) is 0 Å². The molecule has 0 aromatic rings. The molecule has 23 heavy (non-hydrogen) atoms. The summed E-state index contributed by atoms with van der Waals surface area (Å²) in [5, 5.41) is 0. The molecule has 0 aliphatic carbocycles. The fourth-order valence-electron chi connectivity index (χ4n) is 1.55. The van der Waals surface area contributed by atoms with Crippen LogP contribution in [0, 0.1) is 0 Å². The van der Waals surface area contributed by atoms with Crippen LogP contribution in [-0.4, -0.2) is 21.3 Å². The molecule has 7 nitrogen and oxygen atoms in total. The van der Waals surface area contributed by atoms with Gasteiger partial charge in [0, 0.05) is 0 Å². The SMILES string of the molecule is CC(C)=CCC/C=C/CC/C(C)=C/COP(=O)(O)OP(=O)(O)O. The number of allylic oxidation sites excluding steroid dienone is 5. The first-order valence-electron chi connectivity index (χ1n) is 7.20. The molecule has 9 heteroatoms. The number of hydrogen-bond acceptors (Lipinski definition) is 4. The quantitative estimate of drug-likeness (QED) is 0.284. The van der Waals surface area contributed by atoms with Gasteiger partial charge < -0.3 is 14.7 Å². The molecule has 1 atom stereocenters. The fourth-order valence-corrected chi connectivity index (χ4v) is 3.08. The largest absolute Gasteiger partial charge is 0.481 e. The molecule has 0 aromatic heterocycles. The Bertz CT molecular complexity index is 527. The van der Waals surface area contributed by atoms with Crippen LogP contribution in [0.5, 0.6) is 0 Å². The number of rotatable bonds is 11. The summed E-state index contributed by atoms with van der Waals surface area (Å²) < 4.78 is 29.8. The van der Waals surface area contributed by atoms with Gasteiger partial charge in [0.1, 0.15) is 0 Å². The summed E-state index contributed by atoms with van der Waals surface area (Å²) >= 11 is 0. The van der Waals surface area contributed by atoms with Crippen LogP contribution in [-0.2, 0) is 18.0 Å². The van der Waals surface area contributed by atoms with Crippen molar-refractivity contribution in [1.82, 2.24) is 0 Å². The third-order valence-corrected chi connectivity index (χ3v) is 4.79. The third kappa shape index (κ3) is 16.1. The lowest BCUT2D eigenvalue weighted by atomic mass is 10.1. The van der Waals surface area contributed by atoms with E-state index in [1.54, 1.807) is 6.08 Å². The molecule has 0 heterocycles. The van der Waals surface area contributed by atoms with Crippen molar-refractivity contribution in [2.45, 2.75) is 46.5 Å². The Labute approximate surface area is 137 Å². The molecule has 0 fully saturated rings. The van der Waals surface area contributed by atoms with E-state index in [0.717, 1.165) is 31.3 Å². The van der Waals surface area contributed by atoms with Crippen LogP contribution >= 0.6 is 15.6 Å². The van der Waals surface area contributed by atoms with Crippen molar-refractivity contribution in [3.63, 3.8) is 0 Å². The molecule has 0 saturated heterocycles. The highest BCUT2D eigenvalue weighted by Gasteiger charge is 2.31. The molecular weight excluding hydrogens is 342 g/mol. The van der Waals surface area contributed by atoms with Gasteiger partial charge in [0.25, 0.3) is 0 Å². The smallest absolute Gasteiger partial charge is 0.302 e. The van der Waals surface area contributed by atoms with E-state index in [1.165, 1.54) is 5.57 Å². The molecule has 0 bridgehead atoms. The summed E-state index contributed by atoms with van der Waals surface area (Å²) in [7, 11) is -9.81. The van der Waals surface area contributed by atoms with E-state index in [1.807, 2.05) is 6.92 Å². The summed E-state index contributed by atoms with van der Waals surface area (Å²) in [6.45, 7) is 5.71. The summed E-state index contributed by atoms with van der Waals surface area (Å²) in [5.41, 5.74) is 2.25. The lowest BCUT2D eigenvalue weighted by Crippen LogP contribution is -1.94. The molecule has 0 aliphatic heterocycles. The summed E-state index contributed by atoms with van der Waals surface area (Å²) in [6, 6.07) is 0. The molecule has 0 amide bonds. The van der Waals surface area contributed by atoms with Crippen molar-refractivity contribution in [1.29, 1.82) is 0 Å². The molecule has 0 radical (unpaired) electrons. The lowest BCUT2D eigenvalue weighted by molar-refractivity contribution is 0.191. The van der Waals surface area contributed by atoms with Gasteiger partial charge in [-0.1, -0.05) is 35.5 Å². The first kappa shape index (κ1) is 22.5. The minimum atomic E-state index is -5.06. The first-order chi connectivity index (χ1) is 10.5. The van der Waals surface area contributed by atoms with E-state index in [4.69, 9.17) is 14.7 Å². The van der Waals surface area contributed by atoms with Gasteiger partial charge in [0.15, 0.2) is 0 Å². The number of unbranched alkanes of at least 4 members (excludes halogenated alkanes) is 1. The van der Waals surface area contributed by atoms with Crippen molar-refractivity contribution in [3.8, 4) is 0 Å². The maximum atomic E-state index is 11.2. The van der Waals surface area contributed by atoms with E-state index >= 15 is 0 Å². The van der Waals surface area contributed by atoms with Gasteiger partial charge in [0.05, 0.1) is 6.61 Å². The molecule has 0 rings (SSSR count). The minimum absolute atomic E-state index is 0.260. The Morgan fingerprint density at radius 3 is 2.13 bits per heavy atom. The molecule has 0 saturated carbocycles. The highest BCUT2D eigenvalue weighted by molar-refractivity contribution is 7.60. The van der Waals surface area contributed by atoms with Crippen LogP contribution in [0.25, 0.3) is 0 Å². The standard InChI is InChI=1S/C14H26O7P2/c1-13(2)9-7-5-4-6-8-10-14(3)11-12-20-23(18,19)21-22(15,16)17/h4,6,9,11H,5,7-8,10,12H2,1-3H3,(H,18,19)(H2,15,16,17)/b6-4+,14-11+.